The van der Waals surface area contributed by atoms with E-state index in [2.05, 4.69) is 0 Å². The molecule has 2 aromatic carbocycles. The van der Waals surface area contributed by atoms with Crippen LogP contribution >= 0.6 is 7.82 Å². The normalized spacial score (nSPS) is 14.7. The monoisotopic (exact) mass is 438 g/mol. The summed E-state index contributed by atoms with van der Waals surface area (Å²) in [4.78, 5) is 10.0. The minimum atomic E-state index is -4.20. The van der Waals surface area contributed by atoms with Gasteiger partial charge >= 0.3 is 7.82 Å². The van der Waals surface area contributed by atoms with Crippen molar-refractivity contribution in [2.24, 2.45) is 0 Å². The Morgan fingerprint density at radius 2 is 1.47 bits per heavy atom. The first-order chi connectivity index (χ1) is 14.1. The molecule has 7 nitrogen and oxygen atoms in total. The second-order valence-electron chi connectivity index (χ2n) is 8.19. The van der Waals surface area contributed by atoms with Gasteiger partial charge in [-0.3, -0.25) is 9.05 Å². The van der Waals surface area contributed by atoms with Crippen molar-refractivity contribution in [2.75, 3.05) is 47.5 Å². The van der Waals surface area contributed by atoms with Gasteiger partial charge in [-0.15, -0.1) is 0 Å². The molecule has 2 atom stereocenters. The molecule has 166 valence electrons. The van der Waals surface area contributed by atoms with Gasteiger partial charge < -0.3 is 18.9 Å². The molecular formula is C22H33NO6P+. The lowest BCUT2D eigenvalue weighted by molar-refractivity contribution is -0.870. The van der Waals surface area contributed by atoms with E-state index < -0.39 is 13.9 Å². The third-order valence-electron chi connectivity index (χ3n) is 4.35. The Morgan fingerprint density at radius 3 is 2.03 bits per heavy atom. The van der Waals surface area contributed by atoms with E-state index in [0.717, 1.165) is 16.9 Å². The summed E-state index contributed by atoms with van der Waals surface area (Å²) in [7, 11) is 1.72. The van der Waals surface area contributed by atoms with Gasteiger partial charge in [0.2, 0.25) is 0 Å². The number of hydrogen-bond acceptors (Lipinski definition) is 5. The molecule has 0 amide bonds. The maximum absolute atomic E-state index is 12.3. The number of ether oxygens (including phenoxy) is 2. The number of hydrogen-bond donors (Lipinski definition) is 1. The fraction of sp³-hybridized carbons (Fsp3) is 0.455. The lowest BCUT2D eigenvalue weighted by Crippen LogP contribution is -2.37. The lowest BCUT2D eigenvalue weighted by Gasteiger charge is -2.25. The fourth-order valence-electron chi connectivity index (χ4n) is 2.53. The summed E-state index contributed by atoms with van der Waals surface area (Å²) in [6.07, 6.45) is -0.604. The molecule has 0 aliphatic heterocycles. The number of quaternary nitrogens is 1. The molecule has 0 spiro atoms. The van der Waals surface area contributed by atoms with Gasteiger partial charge in [0.25, 0.3) is 0 Å². The van der Waals surface area contributed by atoms with Gasteiger partial charge in [-0.1, -0.05) is 36.4 Å². The lowest BCUT2D eigenvalue weighted by atomic mass is 10.2. The highest BCUT2D eigenvalue weighted by Gasteiger charge is 2.26. The maximum Gasteiger partial charge on any atom is 0.472 e. The third kappa shape index (κ3) is 8.86. The minimum absolute atomic E-state index is 0.111. The zero-order valence-corrected chi connectivity index (χ0v) is 19.3. The molecule has 0 saturated heterocycles. The Morgan fingerprint density at radius 1 is 0.900 bits per heavy atom. The van der Waals surface area contributed by atoms with Crippen LogP contribution in [0.2, 0.25) is 0 Å². The van der Waals surface area contributed by atoms with Gasteiger partial charge in [0.15, 0.2) is 6.10 Å². The summed E-state index contributed by atoms with van der Waals surface area (Å²) in [5.74, 6) is 1.39. The first-order valence-electron chi connectivity index (χ1n) is 9.89. The summed E-state index contributed by atoms with van der Waals surface area (Å²) in [5, 5.41) is 0. The Hall–Kier alpha value is -1.89. The van der Waals surface area contributed by atoms with Crippen LogP contribution in [0, 0.1) is 13.8 Å². The van der Waals surface area contributed by atoms with E-state index in [1.165, 1.54) is 0 Å². The SMILES string of the molecule is Cc1ccccc1OCC(COP(=O)(O)OCC[N+](C)(C)C)Oc1ccccc1C. The van der Waals surface area contributed by atoms with E-state index in [4.69, 9.17) is 18.5 Å². The highest BCUT2D eigenvalue weighted by atomic mass is 31.2. The van der Waals surface area contributed by atoms with Gasteiger partial charge in [0, 0.05) is 0 Å². The summed E-state index contributed by atoms with van der Waals surface area (Å²) in [6, 6.07) is 15.2. The molecule has 0 heterocycles. The van der Waals surface area contributed by atoms with E-state index in [-0.39, 0.29) is 19.8 Å². The average molecular weight is 438 g/mol. The first kappa shape index (κ1) is 24.4. The van der Waals surface area contributed by atoms with Crippen LogP contribution in [-0.4, -0.2) is 63.0 Å². The van der Waals surface area contributed by atoms with E-state index in [9.17, 15) is 9.46 Å². The number of phosphoric ester groups is 1. The largest absolute Gasteiger partial charge is 0.489 e. The van der Waals surface area contributed by atoms with Crippen molar-refractivity contribution in [1.82, 2.24) is 0 Å². The van der Waals surface area contributed by atoms with Crippen LogP contribution in [-0.2, 0) is 13.6 Å². The van der Waals surface area contributed by atoms with Crippen molar-refractivity contribution < 1.29 is 32.5 Å². The molecule has 0 radical (unpaired) electrons. The molecule has 2 unspecified atom stereocenters. The molecular weight excluding hydrogens is 405 g/mol. The molecule has 0 aromatic heterocycles. The van der Waals surface area contributed by atoms with Gasteiger partial charge in [-0.25, -0.2) is 4.57 Å². The Balaban J connectivity index is 2.00. The Labute approximate surface area is 179 Å². The zero-order valence-electron chi connectivity index (χ0n) is 18.4. The molecule has 1 N–H and O–H groups in total. The van der Waals surface area contributed by atoms with Gasteiger partial charge in [0.1, 0.15) is 31.3 Å². The number of aryl methyl sites for hydroxylation is 2. The van der Waals surface area contributed by atoms with Crippen molar-refractivity contribution in [3.8, 4) is 11.5 Å². The third-order valence-corrected chi connectivity index (χ3v) is 5.33. The molecule has 0 fully saturated rings. The van der Waals surface area contributed by atoms with E-state index in [0.29, 0.717) is 16.8 Å². The quantitative estimate of drug-likeness (QED) is 0.399. The summed E-state index contributed by atoms with van der Waals surface area (Å²) in [5.41, 5.74) is 1.94. The van der Waals surface area contributed by atoms with E-state index in [1.54, 1.807) is 0 Å². The molecule has 0 saturated carbocycles. The molecule has 0 aliphatic rings. The van der Waals surface area contributed by atoms with Gasteiger partial charge in [-0.2, -0.15) is 0 Å². The Kier molecular flexibility index (Phi) is 8.89. The second-order valence-corrected chi connectivity index (χ2v) is 9.65. The zero-order chi connectivity index (χ0) is 22.2. The van der Waals surface area contributed by atoms with Crippen LogP contribution in [0.4, 0.5) is 0 Å². The molecule has 0 aliphatic carbocycles. The second kappa shape index (κ2) is 10.9. The van der Waals surface area contributed by atoms with Gasteiger partial charge in [-0.05, 0) is 37.1 Å². The minimum Gasteiger partial charge on any atom is -0.489 e. The Bertz CT molecular complexity index is 852. The van der Waals surface area contributed by atoms with Crippen LogP contribution < -0.4 is 9.47 Å². The number of nitrogens with zero attached hydrogens (tertiary/aromatic N) is 1. The number of phosphoric acid groups is 1. The number of likely N-dealkylation sites (N-methyl/N-ethyl adjacent to an activating group) is 1. The van der Waals surface area contributed by atoms with Gasteiger partial charge in [0.05, 0.1) is 27.7 Å². The molecule has 0 bridgehead atoms. The highest BCUT2D eigenvalue weighted by molar-refractivity contribution is 7.47. The van der Waals surface area contributed by atoms with Crippen LogP contribution in [0.3, 0.4) is 0 Å². The van der Waals surface area contributed by atoms with Crippen molar-refractivity contribution in [3.05, 3.63) is 59.7 Å². The molecule has 30 heavy (non-hydrogen) atoms. The number of rotatable bonds is 12. The molecule has 8 heteroatoms. The van der Waals surface area contributed by atoms with Crippen LogP contribution in [0.5, 0.6) is 11.5 Å². The smallest absolute Gasteiger partial charge is 0.472 e. The summed E-state index contributed by atoms with van der Waals surface area (Å²) in [6.45, 7) is 4.57. The van der Waals surface area contributed by atoms with E-state index in [1.807, 2.05) is 83.5 Å². The summed E-state index contributed by atoms with van der Waals surface area (Å²) >= 11 is 0. The predicted octanol–water partition coefficient (Wildman–Crippen LogP) is 3.97. The van der Waals surface area contributed by atoms with Crippen molar-refractivity contribution in [1.29, 1.82) is 0 Å². The maximum atomic E-state index is 12.3. The number of para-hydroxylation sites is 2. The molecule has 2 rings (SSSR count). The molecule has 2 aromatic rings. The first-order valence-corrected chi connectivity index (χ1v) is 11.4. The fourth-order valence-corrected chi connectivity index (χ4v) is 3.27. The van der Waals surface area contributed by atoms with Crippen LogP contribution in [0.15, 0.2) is 48.5 Å². The van der Waals surface area contributed by atoms with Crippen molar-refractivity contribution in [2.45, 2.75) is 20.0 Å². The standard InChI is InChI=1S/C22H32NO6P/c1-18-10-6-8-12-21(18)26-16-20(29-22-13-9-7-11-19(22)2)17-28-30(24,25)27-15-14-23(3,4)5/h6-13,20H,14-17H2,1-5H3/p+1. The average Bonchev–Trinajstić information content (AvgIpc) is 2.65. The highest BCUT2D eigenvalue weighted by Crippen LogP contribution is 2.43. The van der Waals surface area contributed by atoms with E-state index >= 15 is 0 Å². The number of benzene rings is 2. The predicted molar refractivity (Wildman–Crippen MR) is 117 cm³/mol. The van der Waals surface area contributed by atoms with Crippen molar-refractivity contribution >= 4 is 7.82 Å². The summed E-state index contributed by atoms with van der Waals surface area (Å²) < 4.78 is 35.1. The van der Waals surface area contributed by atoms with Crippen LogP contribution in [0.25, 0.3) is 0 Å². The van der Waals surface area contributed by atoms with Crippen molar-refractivity contribution in [3.63, 3.8) is 0 Å². The van der Waals surface area contributed by atoms with Crippen LogP contribution in [0.1, 0.15) is 11.1 Å². The topological polar surface area (TPSA) is 74.2 Å².